The van der Waals surface area contributed by atoms with E-state index >= 15 is 0 Å². The van der Waals surface area contributed by atoms with Gasteiger partial charge in [-0.25, -0.2) is 17.7 Å². The largest absolute Gasteiger partial charge is 0.245 e. The van der Waals surface area contributed by atoms with Crippen LogP contribution >= 0.6 is 0 Å². The number of nitrogens with zero attached hydrogens (tertiary/aromatic N) is 3. The predicted octanol–water partition coefficient (Wildman–Crippen LogP) is 2.01. The quantitative estimate of drug-likeness (QED) is 0.853. The summed E-state index contributed by atoms with van der Waals surface area (Å²) in [5, 5.41) is 9.04. The van der Waals surface area contributed by atoms with E-state index in [1.54, 1.807) is 13.1 Å². The zero-order valence-corrected chi connectivity index (χ0v) is 12.9. The molecule has 112 valence electrons. The minimum atomic E-state index is -3.64. The fourth-order valence-corrected chi connectivity index (χ4v) is 5.20. The topological polar surface area (TPSA) is 74.1 Å². The second kappa shape index (κ2) is 5.39. The minimum absolute atomic E-state index is 0.0122. The van der Waals surface area contributed by atoms with Crippen LogP contribution in [0.5, 0.6) is 0 Å². The molecule has 0 aliphatic heterocycles. The van der Waals surface area contributed by atoms with Crippen molar-refractivity contribution in [1.29, 1.82) is 5.26 Å². The normalized spacial score (nSPS) is 28.0. The molecule has 0 amide bonds. The molecular weight excluding hydrogens is 286 g/mol. The van der Waals surface area contributed by atoms with E-state index < -0.39 is 10.0 Å². The third-order valence-corrected chi connectivity index (χ3v) is 6.80. The first-order chi connectivity index (χ1) is 10.0. The first-order valence-corrected chi connectivity index (χ1v) is 8.78. The lowest BCUT2D eigenvalue weighted by molar-refractivity contribution is 0.280. The molecule has 2 saturated carbocycles. The molecule has 2 aliphatic carbocycles. The molecule has 3 rings (SSSR count). The maximum atomic E-state index is 12.6. The Kier molecular flexibility index (Phi) is 3.72. The van der Waals surface area contributed by atoms with Crippen LogP contribution in [0, 0.1) is 29.1 Å². The predicted molar refractivity (Wildman–Crippen MR) is 77.7 cm³/mol. The van der Waals surface area contributed by atoms with Crippen molar-refractivity contribution in [3.05, 3.63) is 24.0 Å². The van der Waals surface area contributed by atoms with Crippen molar-refractivity contribution in [3.63, 3.8) is 0 Å². The van der Waals surface area contributed by atoms with Gasteiger partial charge in [-0.15, -0.1) is 0 Å². The number of hydrogen-bond donors (Lipinski definition) is 0. The lowest BCUT2D eigenvalue weighted by Gasteiger charge is -2.26. The molecule has 2 aliphatic rings. The van der Waals surface area contributed by atoms with Gasteiger partial charge in [0.1, 0.15) is 11.0 Å². The number of pyridine rings is 1. The smallest absolute Gasteiger partial charge is 0.244 e. The first kappa shape index (κ1) is 14.5. The SMILES string of the molecule is CN(CC1CC2CCC1C2)S(=O)(=O)c1cccnc1C#N. The standard InChI is InChI=1S/C15H19N3O2S/c1-18(10-13-8-11-4-5-12(13)7-11)21(19,20)15-3-2-6-17-14(15)9-16/h2-3,6,11-13H,4-5,7-8,10H2,1H3. The fraction of sp³-hybridized carbons (Fsp3) is 0.600. The van der Waals surface area contributed by atoms with Crippen molar-refractivity contribution in [2.24, 2.45) is 17.8 Å². The lowest BCUT2D eigenvalue weighted by atomic mass is 9.89. The van der Waals surface area contributed by atoms with Crippen LogP contribution in [0.1, 0.15) is 31.4 Å². The van der Waals surface area contributed by atoms with Crippen LogP contribution in [0.15, 0.2) is 23.2 Å². The van der Waals surface area contributed by atoms with Crippen molar-refractivity contribution in [2.45, 2.75) is 30.6 Å². The van der Waals surface area contributed by atoms with Crippen LogP contribution < -0.4 is 0 Å². The Morgan fingerprint density at radius 3 is 2.86 bits per heavy atom. The summed E-state index contributed by atoms with van der Waals surface area (Å²) in [6.07, 6.45) is 6.38. The van der Waals surface area contributed by atoms with Gasteiger partial charge in [0.2, 0.25) is 10.0 Å². The summed E-state index contributed by atoms with van der Waals surface area (Å²) in [5.41, 5.74) is -0.0303. The van der Waals surface area contributed by atoms with E-state index in [0.717, 1.165) is 12.3 Å². The second-order valence-corrected chi connectivity index (χ2v) is 8.20. The van der Waals surface area contributed by atoms with Crippen molar-refractivity contribution in [3.8, 4) is 6.07 Å². The Labute approximate surface area is 125 Å². The molecule has 0 aromatic carbocycles. The summed E-state index contributed by atoms with van der Waals surface area (Å²) < 4.78 is 26.7. The van der Waals surface area contributed by atoms with E-state index in [1.165, 1.54) is 35.8 Å². The molecule has 2 fully saturated rings. The fourth-order valence-electron chi connectivity index (χ4n) is 3.88. The number of sulfonamides is 1. The van der Waals surface area contributed by atoms with Gasteiger partial charge in [0, 0.05) is 19.8 Å². The van der Waals surface area contributed by atoms with Gasteiger partial charge < -0.3 is 0 Å². The summed E-state index contributed by atoms with van der Waals surface area (Å²) in [6.45, 7) is 0.545. The highest BCUT2D eigenvalue weighted by atomic mass is 32.2. The molecular formula is C15H19N3O2S. The molecule has 2 bridgehead atoms. The van der Waals surface area contributed by atoms with E-state index in [-0.39, 0.29) is 10.6 Å². The Bertz CT molecular complexity index is 680. The van der Waals surface area contributed by atoms with Crippen molar-refractivity contribution < 1.29 is 8.42 Å². The highest BCUT2D eigenvalue weighted by molar-refractivity contribution is 7.89. The van der Waals surface area contributed by atoms with Crippen LogP contribution in [0.4, 0.5) is 0 Å². The van der Waals surface area contributed by atoms with Gasteiger partial charge in [-0.2, -0.15) is 5.26 Å². The third kappa shape index (κ3) is 2.56. The Hall–Kier alpha value is -1.45. The molecule has 1 heterocycles. The molecule has 1 aromatic heterocycles. The molecule has 3 atom stereocenters. The Morgan fingerprint density at radius 2 is 2.24 bits per heavy atom. The maximum absolute atomic E-state index is 12.6. The monoisotopic (exact) mass is 305 g/mol. The molecule has 21 heavy (non-hydrogen) atoms. The summed E-state index contributed by atoms with van der Waals surface area (Å²) in [5.74, 6) is 1.94. The van der Waals surface area contributed by atoms with Crippen molar-refractivity contribution in [1.82, 2.24) is 9.29 Å². The second-order valence-electron chi connectivity index (χ2n) is 6.18. The van der Waals surface area contributed by atoms with E-state index in [4.69, 9.17) is 5.26 Å². The molecule has 5 nitrogen and oxygen atoms in total. The van der Waals surface area contributed by atoms with Gasteiger partial charge in [0.25, 0.3) is 0 Å². The van der Waals surface area contributed by atoms with Gasteiger partial charge in [-0.05, 0) is 49.1 Å². The summed E-state index contributed by atoms with van der Waals surface area (Å²) in [6, 6.07) is 4.87. The summed E-state index contributed by atoms with van der Waals surface area (Å²) >= 11 is 0. The first-order valence-electron chi connectivity index (χ1n) is 7.34. The number of aromatic nitrogens is 1. The van der Waals surface area contributed by atoms with Crippen LogP contribution in [-0.4, -0.2) is 31.3 Å². The van der Waals surface area contributed by atoms with Crippen LogP contribution in [0.25, 0.3) is 0 Å². The highest BCUT2D eigenvalue weighted by Crippen LogP contribution is 2.48. The Balaban J connectivity index is 1.80. The van der Waals surface area contributed by atoms with Gasteiger partial charge in [-0.3, -0.25) is 0 Å². The molecule has 0 saturated heterocycles. The average Bonchev–Trinajstić information content (AvgIpc) is 3.09. The molecule has 0 radical (unpaired) electrons. The van der Waals surface area contributed by atoms with Crippen LogP contribution in [-0.2, 0) is 10.0 Å². The van der Waals surface area contributed by atoms with Gasteiger partial charge in [0.05, 0.1) is 0 Å². The number of hydrogen-bond acceptors (Lipinski definition) is 4. The van der Waals surface area contributed by atoms with Gasteiger partial charge in [-0.1, -0.05) is 6.42 Å². The Morgan fingerprint density at radius 1 is 1.43 bits per heavy atom. The van der Waals surface area contributed by atoms with E-state index in [1.807, 2.05) is 6.07 Å². The zero-order chi connectivity index (χ0) is 15.0. The van der Waals surface area contributed by atoms with Crippen LogP contribution in [0.3, 0.4) is 0 Å². The molecule has 6 heteroatoms. The summed E-state index contributed by atoms with van der Waals surface area (Å²) in [4.78, 5) is 3.86. The number of fused-ring (bicyclic) bond motifs is 2. The molecule has 3 unspecified atom stereocenters. The van der Waals surface area contributed by atoms with Gasteiger partial charge >= 0.3 is 0 Å². The van der Waals surface area contributed by atoms with Gasteiger partial charge in [0.15, 0.2) is 5.69 Å². The number of nitriles is 1. The zero-order valence-electron chi connectivity index (χ0n) is 12.1. The molecule has 1 aromatic rings. The van der Waals surface area contributed by atoms with Crippen molar-refractivity contribution in [2.75, 3.05) is 13.6 Å². The summed E-state index contributed by atoms with van der Waals surface area (Å²) in [7, 11) is -2.03. The third-order valence-electron chi connectivity index (χ3n) is 4.94. The average molecular weight is 305 g/mol. The molecule has 0 N–H and O–H groups in total. The van der Waals surface area contributed by atoms with Crippen LogP contribution in [0.2, 0.25) is 0 Å². The highest BCUT2D eigenvalue weighted by Gasteiger charge is 2.41. The van der Waals surface area contributed by atoms with E-state index in [0.29, 0.717) is 18.4 Å². The van der Waals surface area contributed by atoms with E-state index in [2.05, 4.69) is 4.98 Å². The van der Waals surface area contributed by atoms with Crippen molar-refractivity contribution >= 4 is 10.0 Å². The lowest BCUT2D eigenvalue weighted by Crippen LogP contribution is -2.34. The molecule has 0 spiro atoms. The maximum Gasteiger partial charge on any atom is 0.245 e. The van der Waals surface area contributed by atoms with E-state index in [9.17, 15) is 8.42 Å². The number of rotatable bonds is 4. The minimum Gasteiger partial charge on any atom is -0.244 e.